The summed E-state index contributed by atoms with van der Waals surface area (Å²) in [4.78, 5) is 44.4. The van der Waals surface area contributed by atoms with Crippen molar-refractivity contribution in [2.45, 2.75) is 13.0 Å². The van der Waals surface area contributed by atoms with Crippen LogP contribution < -0.4 is 19.6 Å². The molecule has 3 heterocycles. The molecular formula is C29H23BrN2O7S. The molecule has 2 aromatic carbocycles. The topological polar surface area (TPSA) is 109 Å². The van der Waals surface area contributed by atoms with E-state index in [9.17, 15) is 14.4 Å². The van der Waals surface area contributed by atoms with E-state index >= 15 is 0 Å². The molecule has 0 amide bonds. The number of benzene rings is 2. The third-order valence-corrected chi connectivity index (χ3v) is 7.51. The fraction of sp³-hybridized carbons (Fsp3) is 0.172. The number of ether oxygens (including phenoxy) is 3. The Balaban J connectivity index is 1.57. The molecule has 0 aliphatic carbocycles. The summed E-state index contributed by atoms with van der Waals surface area (Å²) < 4.78 is 23.8. The summed E-state index contributed by atoms with van der Waals surface area (Å²) in [5, 5.41) is 0. The Morgan fingerprint density at radius 3 is 2.60 bits per heavy atom. The number of carbonyl (C=O) groups excluding carboxylic acids is 2. The maximum absolute atomic E-state index is 13.8. The summed E-state index contributed by atoms with van der Waals surface area (Å²) in [5.74, 6) is -0.896. The first-order chi connectivity index (χ1) is 19.4. The van der Waals surface area contributed by atoms with Gasteiger partial charge in [-0.05, 0) is 60.5 Å². The van der Waals surface area contributed by atoms with E-state index in [0.717, 1.165) is 10.0 Å². The summed E-state index contributed by atoms with van der Waals surface area (Å²) in [7, 11) is 1.51. The number of halogens is 1. The van der Waals surface area contributed by atoms with Crippen molar-refractivity contribution in [2.24, 2.45) is 4.99 Å². The van der Waals surface area contributed by atoms with Crippen LogP contribution in [0.4, 0.5) is 0 Å². The summed E-state index contributed by atoms with van der Waals surface area (Å²) in [6, 6.07) is 16.4. The maximum Gasteiger partial charge on any atom is 0.379 e. The first kappa shape index (κ1) is 27.5. The molecule has 1 aliphatic rings. The average Bonchev–Trinajstić information content (AvgIpc) is 3.57. The van der Waals surface area contributed by atoms with E-state index in [2.05, 4.69) is 20.9 Å². The summed E-state index contributed by atoms with van der Waals surface area (Å²) >= 11 is 4.70. The van der Waals surface area contributed by atoms with Gasteiger partial charge >= 0.3 is 11.9 Å². The molecule has 1 aliphatic heterocycles. The molecule has 0 fully saturated rings. The Labute approximate surface area is 240 Å². The first-order valence-electron chi connectivity index (χ1n) is 12.2. The van der Waals surface area contributed by atoms with Gasteiger partial charge in [0.05, 0.1) is 34.7 Å². The van der Waals surface area contributed by atoms with Crippen molar-refractivity contribution in [3.05, 3.63) is 119 Å². The largest absolute Gasteiger partial charge is 0.460 e. The Bertz CT molecular complexity index is 1770. The highest BCUT2D eigenvalue weighted by atomic mass is 79.9. The number of furan rings is 1. The minimum Gasteiger partial charge on any atom is -0.460 e. The first-order valence-corrected chi connectivity index (χ1v) is 13.8. The number of thiazole rings is 1. The van der Waals surface area contributed by atoms with E-state index in [0.29, 0.717) is 20.6 Å². The van der Waals surface area contributed by atoms with Crippen molar-refractivity contribution >= 4 is 45.3 Å². The SMILES string of the molecule is COCCOC(=O)C1=C(C)N=c2s/c(=C/c3cccc(Br)c3)c(=O)n2[C@H]1c1ccc(OC(=O)c2ccco2)cc1. The van der Waals surface area contributed by atoms with Crippen LogP contribution in [0.15, 0.2) is 96.9 Å². The van der Waals surface area contributed by atoms with Gasteiger partial charge in [-0.3, -0.25) is 9.36 Å². The normalized spacial score (nSPS) is 15.0. The molecule has 0 saturated heterocycles. The van der Waals surface area contributed by atoms with Gasteiger partial charge in [-0.15, -0.1) is 0 Å². The van der Waals surface area contributed by atoms with Crippen LogP contribution in [0, 0.1) is 0 Å². The standard InChI is InChI=1S/C29H23BrN2O7S/c1-17-24(28(35)38-14-13-36-2)25(19-8-10-21(11-9-19)39-27(34)22-7-4-12-37-22)32-26(33)23(40-29(32)31-17)16-18-5-3-6-20(30)15-18/h3-12,15-16,25H,13-14H2,1-2H3/b23-16+/t25-/m0/s1. The van der Waals surface area contributed by atoms with Crippen molar-refractivity contribution in [3.8, 4) is 5.75 Å². The molecule has 204 valence electrons. The minimum absolute atomic E-state index is 0.0494. The summed E-state index contributed by atoms with van der Waals surface area (Å²) in [6.07, 6.45) is 3.17. The highest BCUT2D eigenvalue weighted by Crippen LogP contribution is 2.32. The number of fused-ring (bicyclic) bond motifs is 1. The van der Waals surface area contributed by atoms with Crippen molar-refractivity contribution in [2.75, 3.05) is 20.3 Å². The number of carbonyl (C=O) groups is 2. The number of aromatic nitrogens is 1. The lowest BCUT2D eigenvalue weighted by atomic mass is 9.96. The fourth-order valence-corrected chi connectivity index (χ4v) is 5.68. The Kier molecular flexibility index (Phi) is 8.24. The molecule has 1 atom stereocenters. The van der Waals surface area contributed by atoms with Crippen LogP contribution in [-0.4, -0.2) is 36.8 Å². The average molecular weight is 623 g/mol. The van der Waals surface area contributed by atoms with Gasteiger partial charge in [0, 0.05) is 11.6 Å². The molecule has 0 N–H and O–H groups in total. The van der Waals surface area contributed by atoms with E-state index in [1.54, 1.807) is 43.3 Å². The van der Waals surface area contributed by atoms with Crippen molar-refractivity contribution in [1.29, 1.82) is 0 Å². The van der Waals surface area contributed by atoms with Crippen molar-refractivity contribution in [1.82, 2.24) is 4.57 Å². The van der Waals surface area contributed by atoms with Crippen molar-refractivity contribution in [3.63, 3.8) is 0 Å². The van der Waals surface area contributed by atoms with Crippen LogP contribution in [0.2, 0.25) is 0 Å². The van der Waals surface area contributed by atoms with Gasteiger partial charge in [-0.25, -0.2) is 14.6 Å². The number of hydrogen-bond donors (Lipinski definition) is 0. The number of allylic oxidation sites excluding steroid dienone is 1. The van der Waals surface area contributed by atoms with Crippen LogP contribution >= 0.6 is 27.3 Å². The smallest absolute Gasteiger partial charge is 0.379 e. The van der Waals surface area contributed by atoms with Crippen LogP contribution in [0.1, 0.15) is 34.6 Å². The number of hydrogen-bond acceptors (Lipinski definition) is 9. The predicted molar refractivity (Wildman–Crippen MR) is 151 cm³/mol. The zero-order valence-corrected chi connectivity index (χ0v) is 23.9. The second-order valence-electron chi connectivity index (χ2n) is 8.70. The van der Waals surface area contributed by atoms with Gasteiger partial charge < -0.3 is 18.6 Å². The molecule has 11 heteroatoms. The lowest BCUT2D eigenvalue weighted by Crippen LogP contribution is -2.40. The molecule has 0 saturated carbocycles. The van der Waals surface area contributed by atoms with E-state index in [1.807, 2.05) is 24.3 Å². The highest BCUT2D eigenvalue weighted by molar-refractivity contribution is 9.10. The van der Waals surface area contributed by atoms with Gasteiger partial charge in [0.15, 0.2) is 4.80 Å². The summed E-state index contributed by atoms with van der Waals surface area (Å²) in [5.41, 5.74) is 1.83. The molecule has 0 bridgehead atoms. The molecule has 4 aromatic rings. The van der Waals surface area contributed by atoms with E-state index < -0.39 is 18.0 Å². The van der Waals surface area contributed by atoms with Crippen LogP contribution in [0.3, 0.4) is 0 Å². The number of nitrogens with zero attached hydrogens (tertiary/aromatic N) is 2. The lowest BCUT2D eigenvalue weighted by molar-refractivity contribution is -0.140. The molecule has 0 radical (unpaired) electrons. The van der Waals surface area contributed by atoms with Gasteiger partial charge in [-0.1, -0.05) is 51.5 Å². The Morgan fingerprint density at radius 1 is 1.10 bits per heavy atom. The number of rotatable bonds is 8. The number of esters is 2. The zero-order chi connectivity index (χ0) is 28.2. The van der Waals surface area contributed by atoms with E-state index in [4.69, 9.17) is 18.6 Å². The van der Waals surface area contributed by atoms with Crippen LogP contribution in [-0.2, 0) is 14.3 Å². The molecule has 5 rings (SSSR count). The van der Waals surface area contributed by atoms with Gasteiger partial charge in [0.25, 0.3) is 5.56 Å². The van der Waals surface area contributed by atoms with Gasteiger partial charge in [0.1, 0.15) is 12.4 Å². The highest BCUT2D eigenvalue weighted by Gasteiger charge is 2.33. The predicted octanol–water partition coefficient (Wildman–Crippen LogP) is 4.00. The molecular weight excluding hydrogens is 600 g/mol. The third kappa shape index (κ3) is 5.76. The molecule has 0 spiro atoms. The Hall–Kier alpha value is -4.06. The molecule has 0 unspecified atom stereocenters. The molecule has 9 nitrogen and oxygen atoms in total. The molecule has 40 heavy (non-hydrogen) atoms. The van der Waals surface area contributed by atoms with Crippen molar-refractivity contribution < 1.29 is 28.2 Å². The van der Waals surface area contributed by atoms with Gasteiger partial charge in [0.2, 0.25) is 5.76 Å². The molecule has 2 aromatic heterocycles. The Morgan fingerprint density at radius 2 is 1.90 bits per heavy atom. The number of methoxy groups -OCH3 is 1. The fourth-order valence-electron chi connectivity index (χ4n) is 4.21. The quantitative estimate of drug-likeness (QED) is 0.166. The second-order valence-corrected chi connectivity index (χ2v) is 10.6. The van der Waals surface area contributed by atoms with E-state index in [1.165, 1.54) is 35.3 Å². The van der Waals surface area contributed by atoms with E-state index in [-0.39, 0.29) is 35.9 Å². The van der Waals surface area contributed by atoms with Crippen LogP contribution in [0.25, 0.3) is 6.08 Å². The second kappa shape index (κ2) is 12.0. The van der Waals surface area contributed by atoms with Gasteiger partial charge in [-0.2, -0.15) is 0 Å². The third-order valence-electron chi connectivity index (χ3n) is 6.04. The zero-order valence-electron chi connectivity index (χ0n) is 21.5. The maximum atomic E-state index is 13.8. The minimum atomic E-state index is -0.814. The van der Waals surface area contributed by atoms with Crippen LogP contribution in [0.5, 0.6) is 5.75 Å². The lowest BCUT2D eigenvalue weighted by Gasteiger charge is -2.25. The monoisotopic (exact) mass is 622 g/mol. The summed E-state index contributed by atoms with van der Waals surface area (Å²) in [6.45, 7) is 1.99.